The van der Waals surface area contributed by atoms with Crippen LogP contribution in [0, 0.1) is 0 Å². The highest BCUT2D eigenvalue weighted by Crippen LogP contribution is 2.21. The summed E-state index contributed by atoms with van der Waals surface area (Å²) in [7, 11) is -2.60. The van der Waals surface area contributed by atoms with Gasteiger partial charge in [0, 0.05) is 5.54 Å². The van der Waals surface area contributed by atoms with Crippen molar-refractivity contribution in [3.8, 4) is 0 Å². The third-order valence-corrected chi connectivity index (χ3v) is 2.52. The van der Waals surface area contributed by atoms with Gasteiger partial charge in [-0.15, -0.1) is 0 Å². The van der Waals surface area contributed by atoms with E-state index in [1.54, 1.807) is 12.2 Å². The minimum Gasteiger partial charge on any atom is -0.362 e. The molecule has 0 fully saturated rings. The van der Waals surface area contributed by atoms with E-state index in [4.69, 9.17) is 4.55 Å². The molecule has 80 valence electrons. The van der Waals surface area contributed by atoms with Gasteiger partial charge in [-0.3, -0.25) is 4.55 Å². The maximum absolute atomic E-state index is 10.4. The van der Waals surface area contributed by atoms with Crippen LogP contribution in [0.5, 0.6) is 0 Å². The molecule has 0 aromatic heterocycles. The molecule has 0 aromatic carbocycles. The van der Waals surface area contributed by atoms with Crippen LogP contribution >= 0.6 is 0 Å². The van der Waals surface area contributed by atoms with Gasteiger partial charge in [-0.1, -0.05) is 6.08 Å². The molecule has 0 amide bonds. The fourth-order valence-corrected chi connectivity index (χ4v) is 1.45. The fourth-order valence-electron chi connectivity index (χ4n) is 1.08. The van der Waals surface area contributed by atoms with Gasteiger partial charge >= 0.3 is 10.4 Å². The highest BCUT2D eigenvalue weighted by molar-refractivity contribution is 7.81. The van der Waals surface area contributed by atoms with Crippen LogP contribution in [0.15, 0.2) is 24.0 Å². The standard InChI is InChI=1S/C8H13NO4S/c1-8(9-2)5-3-7(4-6-8)13-14(10,11)12/h3-5,9H,6H2,1-2H3,(H,10,11,12). The van der Waals surface area contributed by atoms with Gasteiger partial charge in [0.2, 0.25) is 0 Å². The Morgan fingerprint density at radius 3 is 2.64 bits per heavy atom. The van der Waals surface area contributed by atoms with Crippen molar-refractivity contribution < 1.29 is 17.2 Å². The average molecular weight is 219 g/mol. The van der Waals surface area contributed by atoms with Gasteiger partial charge in [0.1, 0.15) is 5.76 Å². The smallest absolute Gasteiger partial charge is 0.362 e. The molecule has 14 heavy (non-hydrogen) atoms. The van der Waals surface area contributed by atoms with Gasteiger partial charge < -0.3 is 9.50 Å². The topological polar surface area (TPSA) is 75.6 Å². The Morgan fingerprint density at radius 1 is 1.64 bits per heavy atom. The SMILES string of the molecule is CNC1(C)C=CC(OS(=O)(=O)O)=CC1. The van der Waals surface area contributed by atoms with E-state index in [9.17, 15) is 8.42 Å². The number of hydrogen-bond acceptors (Lipinski definition) is 4. The van der Waals surface area contributed by atoms with E-state index in [2.05, 4.69) is 9.50 Å². The minimum absolute atomic E-state index is 0.139. The molecule has 0 radical (unpaired) electrons. The lowest BCUT2D eigenvalue weighted by Crippen LogP contribution is -2.38. The first kappa shape index (κ1) is 11.2. The predicted octanol–water partition coefficient (Wildman–Crippen LogP) is 0.628. The Hall–Kier alpha value is -0.850. The molecule has 0 heterocycles. The van der Waals surface area contributed by atoms with Gasteiger partial charge in [-0.2, -0.15) is 8.42 Å². The van der Waals surface area contributed by atoms with Gasteiger partial charge in [-0.25, -0.2) is 0 Å². The molecule has 0 saturated carbocycles. The lowest BCUT2D eigenvalue weighted by atomic mass is 9.93. The Kier molecular flexibility index (Phi) is 2.98. The maximum Gasteiger partial charge on any atom is 0.446 e. The predicted molar refractivity (Wildman–Crippen MR) is 51.9 cm³/mol. The zero-order valence-electron chi connectivity index (χ0n) is 8.02. The quantitative estimate of drug-likeness (QED) is 0.681. The molecule has 1 atom stereocenters. The summed E-state index contributed by atoms with van der Waals surface area (Å²) in [6.07, 6.45) is 5.50. The monoisotopic (exact) mass is 219 g/mol. The molecule has 0 aliphatic heterocycles. The molecule has 0 aromatic rings. The summed E-state index contributed by atoms with van der Waals surface area (Å²) in [5.74, 6) is 0.139. The van der Waals surface area contributed by atoms with Crippen LogP contribution in [0.25, 0.3) is 0 Å². The summed E-state index contributed by atoms with van der Waals surface area (Å²) in [4.78, 5) is 0. The second-order valence-electron chi connectivity index (χ2n) is 3.32. The maximum atomic E-state index is 10.4. The Balaban J connectivity index is 2.69. The first-order chi connectivity index (χ1) is 6.35. The van der Waals surface area contributed by atoms with E-state index in [1.165, 1.54) is 6.08 Å². The van der Waals surface area contributed by atoms with Gasteiger partial charge in [0.05, 0.1) is 0 Å². The number of nitrogens with one attached hydrogen (secondary N) is 1. The lowest BCUT2D eigenvalue weighted by molar-refractivity contribution is 0.334. The first-order valence-corrected chi connectivity index (χ1v) is 5.46. The highest BCUT2D eigenvalue weighted by atomic mass is 32.3. The molecule has 5 nitrogen and oxygen atoms in total. The van der Waals surface area contributed by atoms with E-state index >= 15 is 0 Å². The summed E-state index contributed by atoms with van der Waals surface area (Å²) in [6, 6.07) is 0. The van der Waals surface area contributed by atoms with E-state index in [0.29, 0.717) is 6.42 Å². The zero-order chi connectivity index (χ0) is 10.8. The Labute approximate surface area is 83.4 Å². The number of likely N-dealkylation sites (N-methyl/N-ethyl adjacent to an activating group) is 1. The summed E-state index contributed by atoms with van der Waals surface area (Å²) in [5, 5.41) is 3.06. The van der Waals surface area contributed by atoms with Crippen LogP contribution < -0.4 is 5.32 Å². The normalized spacial score (nSPS) is 27.2. The van der Waals surface area contributed by atoms with Crippen LogP contribution in [0.3, 0.4) is 0 Å². The summed E-state index contributed by atoms with van der Waals surface area (Å²) in [6.45, 7) is 1.96. The summed E-state index contributed by atoms with van der Waals surface area (Å²) < 4.78 is 33.5. The van der Waals surface area contributed by atoms with Gasteiger partial charge in [0.25, 0.3) is 0 Å². The average Bonchev–Trinajstić information content (AvgIpc) is 2.07. The van der Waals surface area contributed by atoms with E-state index in [0.717, 1.165) is 0 Å². The van der Waals surface area contributed by atoms with Crippen molar-refractivity contribution in [2.24, 2.45) is 0 Å². The van der Waals surface area contributed by atoms with Crippen LogP contribution in [-0.4, -0.2) is 25.6 Å². The molecular weight excluding hydrogens is 206 g/mol. The molecule has 2 N–H and O–H groups in total. The summed E-state index contributed by atoms with van der Waals surface area (Å²) in [5.41, 5.74) is -0.188. The summed E-state index contributed by atoms with van der Waals surface area (Å²) >= 11 is 0. The molecule has 1 rings (SSSR count). The Morgan fingerprint density at radius 2 is 2.29 bits per heavy atom. The van der Waals surface area contributed by atoms with Crippen molar-refractivity contribution in [2.75, 3.05) is 7.05 Å². The van der Waals surface area contributed by atoms with E-state index in [1.807, 2.05) is 14.0 Å². The Bertz CT molecular complexity index is 371. The number of rotatable bonds is 3. The largest absolute Gasteiger partial charge is 0.446 e. The van der Waals surface area contributed by atoms with Crippen molar-refractivity contribution >= 4 is 10.4 Å². The molecule has 0 saturated heterocycles. The number of allylic oxidation sites excluding steroid dienone is 1. The van der Waals surface area contributed by atoms with Crippen LogP contribution in [0.4, 0.5) is 0 Å². The minimum atomic E-state index is -4.41. The molecule has 1 aliphatic rings. The van der Waals surface area contributed by atoms with Crippen LogP contribution in [0.2, 0.25) is 0 Å². The second kappa shape index (κ2) is 3.72. The zero-order valence-corrected chi connectivity index (χ0v) is 8.84. The molecule has 1 aliphatic carbocycles. The molecule has 0 bridgehead atoms. The molecular formula is C8H13NO4S. The molecule has 0 spiro atoms. The van der Waals surface area contributed by atoms with Crippen LogP contribution in [0.1, 0.15) is 13.3 Å². The molecule has 1 unspecified atom stereocenters. The van der Waals surface area contributed by atoms with Crippen molar-refractivity contribution in [1.29, 1.82) is 0 Å². The van der Waals surface area contributed by atoms with Crippen LogP contribution in [-0.2, 0) is 14.6 Å². The third kappa shape index (κ3) is 3.13. The fraction of sp³-hybridized carbons (Fsp3) is 0.500. The first-order valence-electron chi connectivity index (χ1n) is 4.10. The molecule has 6 heteroatoms. The van der Waals surface area contributed by atoms with E-state index < -0.39 is 10.4 Å². The van der Waals surface area contributed by atoms with E-state index in [-0.39, 0.29) is 11.3 Å². The van der Waals surface area contributed by atoms with Gasteiger partial charge in [-0.05, 0) is 32.5 Å². The lowest BCUT2D eigenvalue weighted by Gasteiger charge is -2.26. The highest BCUT2D eigenvalue weighted by Gasteiger charge is 2.21. The van der Waals surface area contributed by atoms with Crippen molar-refractivity contribution in [1.82, 2.24) is 5.32 Å². The number of hydrogen-bond donors (Lipinski definition) is 2. The second-order valence-corrected chi connectivity index (χ2v) is 4.34. The third-order valence-electron chi connectivity index (χ3n) is 2.12. The van der Waals surface area contributed by atoms with Gasteiger partial charge in [0.15, 0.2) is 0 Å². The van der Waals surface area contributed by atoms with Crippen molar-refractivity contribution in [2.45, 2.75) is 18.9 Å². The van der Waals surface area contributed by atoms with Crippen molar-refractivity contribution in [3.05, 3.63) is 24.0 Å². The van der Waals surface area contributed by atoms with Crippen molar-refractivity contribution in [3.63, 3.8) is 0 Å².